The normalized spacial score (nSPS) is 12.0. The highest BCUT2D eigenvalue weighted by Gasteiger charge is 2.19. The van der Waals surface area contributed by atoms with Gasteiger partial charge in [0.2, 0.25) is 5.88 Å². The van der Waals surface area contributed by atoms with Gasteiger partial charge in [-0.05, 0) is 30.7 Å². The zero-order chi connectivity index (χ0) is 15.1. The first-order chi connectivity index (χ1) is 10.3. The van der Waals surface area contributed by atoms with E-state index >= 15 is 0 Å². The third-order valence-corrected chi connectivity index (χ3v) is 3.21. The molecule has 0 aromatic carbocycles. The van der Waals surface area contributed by atoms with Gasteiger partial charge in [-0.1, -0.05) is 13.0 Å². The van der Waals surface area contributed by atoms with Crippen LogP contribution in [0.15, 0.2) is 36.8 Å². The van der Waals surface area contributed by atoms with Gasteiger partial charge in [-0.15, -0.1) is 0 Å². The van der Waals surface area contributed by atoms with Gasteiger partial charge in [0.1, 0.15) is 5.75 Å². The lowest BCUT2D eigenvalue weighted by Gasteiger charge is -2.21. The van der Waals surface area contributed by atoms with Crippen LogP contribution in [0.5, 0.6) is 11.6 Å². The maximum atomic E-state index is 5.38. The van der Waals surface area contributed by atoms with Crippen molar-refractivity contribution in [3.05, 3.63) is 47.9 Å². The number of pyridine rings is 2. The molecule has 0 aliphatic carbocycles. The van der Waals surface area contributed by atoms with Crippen molar-refractivity contribution in [1.29, 1.82) is 0 Å². The number of nitrogens with zero attached hydrogens (tertiary/aromatic N) is 2. The second kappa shape index (κ2) is 7.59. The van der Waals surface area contributed by atoms with Crippen LogP contribution in [0.3, 0.4) is 0 Å². The molecule has 0 bridgehead atoms. The van der Waals surface area contributed by atoms with Crippen LogP contribution >= 0.6 is 0 Å². The summed E-state index contributed by atoms with van der Waals surface area (Å²) in [7, 11) is 3.27. The van der Waals surface area contributed by atoms with Crippen molar-refractivity contribution in [3.63, 3.8) is 0 Å². The largest absolute Gasteiger partial charge is 0.495 e. The molecule has 0 saturated heterocycles. The molecule has 2 rings (SSSR count). The molecule has 21 heavy (non-hydrogen) atoms. The van der Waals surface area contributed by atoms with Gasteiger partial charge >= 0.3 is 0 Å². The summed E-state index contributed by atoms with van der Waals surface area (Å²) in [5.41, 5.74) is 2.01. The van der Waals surface area contributed by atoms with Crippen LogP contribution < -0.4 is 14.8 Å². The summed E-state index contributed by atoms with van der Waals surface area (Å²) < 4.78 is 10.6. The molecule has 2 heterocycles. The molecule has 0 amide bonds. The van der Waals surface area contributed by atoms with Crippen molar-refractivity contribution in [3.8, 4) is 11.6 Å². The lowest BCUT2D eigenvalue weighted by Crippen LogP contribution is -2.24. The fourth-order valence-electron chi connectivity index (χ4n) is 2.19. The monoisotopic (exact) mass is 287 g/mol. The van der Waals surface area contributed by atoms with Gasteiger partial charge in [-0.25, -0.2) is 4.98 Å². The minimum atomic E-state index is -0.0313. The smallest absolute Gasteiger partial charge is 0.218 e. The molecule has 2 aromatic heterocycles. The van der Waals surface area contributed by atoms with Gasteiger partial charge < -0.3 is 14.8 Å². The Bertz CT molecular complexity index is 575. The van der Waals surface area contributed by atoms with Crippen LogP contribution in [0.4, 0.5) is 0 Å². The summed E-state index contributed by atoms with van der Waals surface area (Å²) in [6, 6.07) is 5.87. The Balaban J connectivity index is 2.41. The summed E-state index contributed by atoms with van der Waals surface area (Å²) >= 11 is 0. The van der Waals surface area contributed by atoms with Crippen molar-refractivity contribution in [2.75, 3.05) is 20.8 Å². The van der Waals surface area contributed by atoms with E-state index in [0.717, 1.165) is 29.8 Å². The molecular weight excluding hydrogens is 266 g/mol. The second-order valence-corrected chi connectivity index (χ2v) is 4.65. The van der Waals surface area contributed by atoms with Gasteiger partial charge in [-0.3, -0.25) is 4.98 Å². The molecule has 1 N–H and O–H groups in total. The van der Waals surface area contributed by atoms with E-state index in [1.54, 1.807) is 26.6 Å². The number of methoxy groups -OCH3 is 2. The number of nitrogens with one attached hydrogen (secondary N) is 1. The highest BCUT2D eigenvalue weighted by Crippen LogP contribution is 2.29. The molecule has 0 aliphatic heterocycles. The molecule has 0 saturated carbocycles. The van der Waals surface area contributed by atoms with E-state index in [9.17, 15) is 0 Å². The Morgan fingerprint density at radius 2 is 2.10 bits per heavy atom. The van der Waals surface area contributed by atoms with Crippen molar-refractivity contribution in [2.24, 2.45) is 0 Å². The number of ether oxygens (including phenoxy) is 2. The molecule has 2 aromatic rings. The number of rotatable bonds is 7. The Kier molecular flexibility index (Phi) is 5.51. The van der Waals surface area contributed by atoms with Gasteiger partial charge in [0, 0.05) is 18.0 Å². The van der Waals surface area contributed by atoms with E-state index < -0.39 is 0 Å². The van der Waals surface area contributed by atoms with E-state index in [1.165, 1.54) is 0 Å². The lowest BCUT2D eigenvalue weighted by atomic mass is 10.0. The predicted molar refractivity (Wildman–Crippen MR) is 81.7 cm³/mol. The van der Waals surface area contributed by atoms with Crippen LogP contribution in [-0.2, 0) is 0 Å². The van der Waals surface area contributed by atoms with Gasteiger partial charge in [0.15, 0.2) is 0 Å². The zero-order valence-electron chi connectivity index (χ0n) is 12.7. The van der Waals surface area contributed by atoms with E-state index in [4.69, 9.17) is 9.47 Å². The Labute approximate surface area is 125 Å². The predicted octanol–water partition coefficient (Wildman–Crippen LogP) is 2.58. The first-order valence-electron chi connectivity index (χ1n) is 7.01. The Morgan fingerprint density at radius 1 is 1.24 bits per heavy atom. The third-order valence-electron chi connectivity index (χ3n) is 3.21. The molecule has 0 fully saturated rings. The Morgan fingerprint density at radius 3 is 2.81 bits per heavy atom. The van der Waals surface area contributed by atoms with Crippen molar-refractivity contribution >= 4 is 0 Å². The van der Waals surface area contributed by atoms with Gasteiger partial charge in [-0.2, -0.15) is 0 Å². The molecular formula is C16H21N3O2. The van der Waals surface area contributed by atoms with Gasteiger partial charge in [0.05, 0.1) is 26.5 Å². The number of aromatic nitrogens is 2. The summed E-state index contributed by atoms with van der Waals surface area (Å²) in [5.74, 6) is 1.35. The second-order valence-electron chi connectivity index (χ2n) is 4.65. The van der Waals surface area contributed by atoms with Gasteiger partial charge in [0.25, 0.3) is 0 Å². The minimum absolute atomic E-state index is 0.0313. The van der Waals surface area contributed by atoms with Crippen LogP contribution in [-0.4, -0.2) is 30.7 Å². The SMILES string of the molecule is CCCNC(c1cncc(OC)c1)c1cccnc1OC. The topological polar surface area (TPSA) is 56.3 Å². The summed E-state index contributed by atoms with van der Waals surface area (Å²) in [6.45, 7) is 3.02. The van der Waals surface area contributed by atoms with Crippen molar-refractivity contribution < 1.29 is 9.47 Å². The van der Waals surface area contributed by atoms with Crippen LogP contribution in [0.2, 0.25) is 0 Å². The average molecular weight is 287 g/mol. The highest BCUT2D eigenvalue weighted by molar-refractivity contribution is 5.38. The highest BCUT2D eigenvalue weighted by atomic mass is 16.5. The molecule has 0 aliphatic rings. The first-order valence-corrected chi connectivity index (χ1v) is 7.01. The van der Waals surface area contributed by atoms with Crippen LogP contribution in [0.25, 0.3) is 0 Å². The molecule has 5 nitrogen and oxygen atoms in total. The van der Waals surface area contributed by atoms with E-state index in [-0.39, 0.29) is 6.04 Å². The first kappa shape index (κ1) is 15.3. The van der Waals surface area contributed by atoms with Crippen LogP contribution in [0, 0.1) is 0 Å². The molecule has 0 radical (unpaired) electrons. The fourth-order valence-corrected chi connectivity index (χ4v) is 2.19. The van der Waals surface area contributed by atoms with Crippen molar-refractivity contribution in [1.82, 2.24) is 15.3 Å². The quantitative estimate of drug-likeness (QED) is 0.848. The lowest BCUT2D eigenvalue weighted by molar-refractivity contribution is 0.386. The minimum Gasteiger partial charge on any atom is -0.495 e. The summed E-state index contributed by atoms with van der Waals surface area (Å²) in [6.07, 6.45) is 6.29. The maximum absolute atomic E-state index is 5.38. The molecule has 112 valence electrons. The van der Waals surface area contributed by atoms with E-state index in [0.29, 0.717) is 5.88 Å². The van der Waals surface area contributed by atoms with Crippen LogP contribution in [0.1, 0.15) is 30.5 Å². The Hall–Kier alpha value is -2.14. The average Bonchev–Trinajstić information content (AvgIpc) is 2.56. The van der Waals surface area contributed by atoms with E-state index in [1.807, 2.05) is 24.4 Å². The third kappa shape index (κ3) is 3.70. The molecule has 1 atom stereocenters. The zero-order valence-corrected chi connectivity index (χ0v) is 12.7. The molecule has 0 spiro atoms. The summed E-state index contributed by atoms with van der Waals surface area (Å²) in [4.78, 5) is 8.52. The number of hydrogen-bond acceptors (Lipinski definition) is 5. The molecule has 1 unspecified atom stereocenters. The molecule has 5 heteroatoms. The van der Waals surface area contributed by atoms with E-state index in [2.05, 4.69) is 22.2 Å². The maximum Gasteiger partial charge on any atom is 0.218 e. The summed E-state index contributed by atoms with van der Waals surface area (Å²) in [5, 5.41) is 3.51. The van der Waals surface area contributed by atoms with Crippen molar-refractivity contribution in [2.45, 2.75) is 19.4 Å². The standard InChI is InChI=1S/C16H21N3O2/c1-4-7-18-15(12-9-13(20-2)11-17-10-12)14-6-5-8-19-16(14)21-3/h5-6,8-11,15,18H,4,7H2,1-3H3. The number of hydrogen-bond donors (Lipinski definition) is 1. The fraction of sp³-hybridized carbons (Fsp3) is 0.375.